The largest absolute Gasteiger partial charge is 0.399 e. The molecule has 94 valence electrons. The van der Waals surface area contributed by atoms with Crippen LogP contribution in [0, 0.1) is 18.3 Å². The van der Waals surface area contributed by atoms with Crippen molar-refractivity contribution in [2.45, 2.75) is 6.92 Å². The van der Waals surface area contributed by atoms with Crippen molar-refractivity contribution >= 4 is 17.3 Å². The lowest BCUT2D eigenvalue weighted by molar-refractivity contribution is 0.102. The molecule has 0 heterocycles. The molecule has 0 aliphatic heterocycles. The number of carbonyl (C=O) groups excluding carboxylic acids is 1. The minimum Gasteiger partial charge on any atom is -0.399 e. The Kier molecular flexibility index (Phi) is 3.48. The molecule has 0 aliphatic rings. The normalized spacial score (nSPS) is 9.68. The SMILES string of the molecule is Cc1cc(N)cc(C(=O)Nc2cccc(C#N)c2)c1. The number of nitriles is 1. The van der Waals surface area contributed by atoms with Crippen molar-refractivity contribution in [1.29, 1.82) is 5.26 Å². The second kappa shape index (κ2) is 5.23. The van der Waals surface area contributed by atoms with E-state index in [9.17, 15) is 4.79 Å². The van der Waals surface area contributed by atoms with Gasteiger partial charge in [0.15, 0.2) is 0 Å². The monoisotopic (exact) mass is 251 g/mol. The summed E-state index contributed by atoms with van der Waals surface area (Å²) in [5, 5.41) is 11.5. The number of carbonyl (C=O) groups is 1. The van der Waals surface area contributed by atoms with Crippen LogP contribution in [-0.2, 0) is 0 Å². The number of nitrogens with one attached hydrogen (secondary N) is 1. The highest BCUT2D eigenvalue weighted by atomic mass is 16.1. The van der Waals surface area contributed by atoms with E-state index >= 15 is 0 Å². The minimum absolute atomic E-state index is 0.245. The number of nitrogens with two attached hydrogens (primary N) is 1. The molecule has 0 saturated carbocycles. The van der Waals surface area contributed by atoms with Crippen LogP contribution in [0.2, 0.25) is 0 Å². The Morgan fingerprint density at radius 2 is 2.05 bits per heavy atom. The second-order valence-corrected chi connectivity index (χ2v) is 4.28. The van der Waals surface area contributed by atoms with Crippen LogP contribution >= 0.6 is 0 Å². The molecule has 0 unspecified atom stereocenters. The van der Waals surface area contributed by atoms with Gasteiger partial charge in [-0.25, -0.2) is 0 Å². The summed E-state index contributed by atoms with van der Waals surface area (Å²) in [6.45, 7) is 1.88. The number of amides is 1. The molecule has 0 spiro atoms. The summed E-state index contributed by atoms with van der Waals surface area (Å²) in [7, 11) is 0. The first-order valence-electron chi connectivity index (χ1n) is 5.77. The first-order chi connectivity index (χ1) is 9.08. The molecule has 3 N–H and O–H groups in total. The van der Waals surface area contributed by atoms with Crippen LogP contribution in [0.3, 0.4) is 0 Å². The number of hydrogen-bond acceptors (Lipinski definition) is 3. The fourth-order valence-corrected chi connectivity index (χ4v) is 1.81. The number of nitrogens with zero attached hydrogens (tertiary/aromatic N) is 1. The molecule has 0 atom stereocenters. The molecule has 19 heavy (non-hydrogen) atoms. The van der Waals surface area contributed by atoms with Crippen molar-refractivity contribution in [1.82, 2.24) is 0 Å². The summed E-state index contributed by atoms with van der Waals surface area (Å²) in [5.74, 6) is -0.245. The van der Waals surface area contributed by atoms with Gasteiger partial charge in [-0.1, -0.05) is 6.07 Å². The molecule has 4 heteroatoms. The fraction of sp³-hybridized carbons (Fsp3) is 0.0667. The Morgan fingerprint density at radius 1 is 1.26 bits per heavy atom. The zero-order valence-electron chi connectivity index (χ0n) is 10.5. The van der Waals surface area contributed by atoms with Crippen molar-refractivity contribution in [3.63, 3.8) is 0 Å². The van der Waals surface area contributed by atoms with Crippen LogP contribution in [0.25, 0.3) is 0 Å². The number of benzene rings is 2. The topological polar surface area (TPSA) is 78.9 Å². The first-order valence-corrected chi connectivity index (χ1v) is 5.77. The second-order valence-electron chi connectivity index (χ2n) is 4.28. The zero-order valence-corrected chi connectivity index (χ0v) is 10.5. The molecule has 2 aromatic rings. The summed E-state index contributed by atoms with van der Waals surface area (Å²) in [6, 6.07) is 14.0. The van der Waals surface area contributed by atoms with Gasteiger partial charge < -0.3 is 11.1 Å². The fourth-order valence-electron chi connectivity index (χ4n) is 1.81. The lowest BCUT2D eigenvalue weighted by Crippen LogP contribution is -2.12. The zero-order chi connectivity index (χ0) is 13.8. The third kappa shape index (κ3) is 3.11. The Balaban J connectivity index is 2.23. The van der Waals surface area contributed by atoms with Gasteiger partial charge in [0.1, 0.15) is 0 Å². The molecule has 0 saturated heterocycles. The van der Waals surface area contributed by atoms with Crippen molar-refractivity contribution in [2.75, 3.05) is 11.1 Å². The summed E-state index contributed by atoms with van der Waals surface area (Å²) in [6.07, 6.45) is 0. The van der Waals surface area contributed by atoms with E-state index in [0.717, 1.165) is 5.56 Å². The number of anilines is 2. The highest BCUT2D eigenvalue weighted by Crippen LogP contribution is 2.15. The predicted molar refractivity (Wildman–Crippen MR) is 74.7 cm³/mol. The van der Waals surface area contributed by atoms with E-state index in [0.29, 0.717) is 22.5 Å². The number of aryl methyl sites for hydroxylation is 1. The molecular formula is C15H13N3O. The predicted octanol–water partition coefficient (Wildman–Crippen LogP) is 2.70. The smallest absolute Gasteiger partial charge is 0.255 e. The third-order valence-electron chi connectivity index (χ3n) is 2.61. The Bertz CT molecular complexity index is 651. The first kappa shape index (κ1) is 12.7. The molecule has 0 aromatic heterocycles. The highest BCUT2D eigenvalue weighted by Gasteiger charge is 2.07. The van der Waals surface area contributed by atoms with Gasteiger partial charge in [0.25, 0.3) is 5.91 Å². The number of nitrogen functional groups attached to an aromatic ring is 1. The van der Waals surface area contributed by atoms with E-state index in [2.05, 4.69) is 5.32 Å². The molecular weight excluding hydrogens is 238 g/mol. The Hall–Kier alpha value is -2.80. The van der Waals surface area contributed by atoms with E-state index in [-0.39, 0.29) is 5.91 Å². The van der Waals surface area contributed by atoms with Gasteiger partial charge in [-0.3, -0.25) is 4.79 Å². The van der Waals surface area contributed by atoms with Crippen molar-refractivity contribution < 1.29 is 4.79 Å². The maximum atomic E-state index is 12.1. The van der Waals surface area contributed by atoms with Gasteiger partial charge in [-0.2, -0.15) is 5.26 Å². The van der Waals surface area contributed by atoms with Gasteiger partial charge in [-0.05, 0) is 48.9 Å². The maximum Gasteiger partial charge on any atom is 0.255 e. The lowest BCUT2D eigenvalue weighted by atomic mass is 10.1. The van der Waals surface area contributed by atoms with E-state index in [1.54, 1.807) is 42.5 Å². The van der Waals surface area contributed by atoms with E-state index in [1.807, 2.05) is 13.0 Å². The van der Waals surface area contributed by atoms with Crippen molar-refractivity contribution in [3.05, 3.63) is 59.2 Å². The average Bonchev–Trinajstić information content (AvgIpc) is 2.37. The maximum absolute atomic E-state index is 12.1. The Labute approximate surface area is 111 Å². The van der Waals surface area contributed by atoms with Crippen LogP contribution in [0.15, 0.2) is 42.5 Å². The third-order valence-corrected chi connectivity index (χ3v) is 2.61. The van der Waals surface area contributed by atoms with Gasteiger partial charge in [0.05, 0.1) is 11.6 Å². The van der Waals surface area contributed by atoms with Crippen molar-refractivity contribution in [3.8, 4) is 6.07 Å². The average molecular weight is 251 g/mol. The van der Waals surface area contributed by atoms with Crippen LogP contribution < -0.4 is 11.1 Å². The Morgan fingerprint density at radius 3 is 2.74 bits per heavy atom. The standard InChI is InChI=1S/C15H13N3O/c1-10-5-12(8-13(17)6-10)15(19)18-14-4-2-3-11(7-14)9-16/h2-8H,17H2,1H3,(H,18,19). The molecule has 1 amide bonds. The van der Waals surface area contributed by atoms with Crippen LogP contribution in [0.1, 0.15) is 21.5 Å². The van der Waals surface area contributed by atoms with E-state index in [4.69, 9.17) is 11.0 Å². The summed E-state index contributed by atoms with van der Waals surface area (Å²) in [4.78, 5) is 12.1. The van der Waals surface area contributed by atoms with Gasteiger partial charge in [0, 0.05) is 16.9 Å². The molecule has 0 aliphatic carbocycles. The number of rotatable bonds is 2. The molecule has 4 nitrogen and oxygen atoms in total. The van der Waals surface area contributed by atoms with Crippen LogP contribution in [0.4, 0.5) is 11.4 Å². The quantitative estimate of drug-likeness (QED) is 0.805. The number of hydrogen-bond donors (Lipinski definition) is 2. The molecule has 0 fully saturated rings. The van der Waals surface area contributed by atoms with Gasteiger partial charge in [-0.15, -0.1) is 0 Å². The summed E-state index contributed by atoms with van der Waals surface area (Å²) >= 11 is 0. The summed E-state index contributed by atoms with van der Waals surface area (Å²) in [5.41, 5.74) is 8.78. The highest BCUT2D eigenvalue weighted by molar-refractivity contribution is 6.05. The molecule has 0 radical (unpaired) electrons. The van der Waals surface area contributed by atoms with E-state index < -0.39 is 0 Å². The minimum atomic E-state index is -0.245. The van der Waals surface area contributed by atoms with Crippen LogP contribution in [-0.4, -0.2) is 5.91 Å². The molecule has 2 rings (SSSR count). The molecule has 2 aromatic carbocycles. The lowest BCUT2D eigenvalue weighted by Gasteiger charge is -2.07. The molecule has 0 bridgehead atoms. The van der Waals surface area contributed by atoms with Crippen LogP contribution in [0.5, 0.6) is 0 Å². The summed E-state index contributed by atoms with van der Waals surface area (Å²) < 4.78 is 0. The van der Waals surface area contributed by atoms with E-state index in [1.165, 1.54) is 0 Å². The van der Waals surface area contributed by atoms with Gasteiger partial charge in [0.2, 0.25) is 0 Å². The van der Waals surface area contributed by atoms with Gasteiger partial charge >= 0.3 is 0 Å². The van der Waals surface area contributed by atoms with Crippen molar-refractivity contribution in [2.24, 2.45) is 0 Å².